The van der Waals surface area contributed by atoms with Gasteiger partial charge in [0.15, 0.2) is 0 Å². The minimum Gasteiger partial charge on any atom is -0.378 e. The summed E-state index contributed by atoms with van der Waals surface area (Å²) in [5.74, 6) is -2.19. The van der Waals surface area contributed by atoms with E-state index in [1.54, 1.807) is 31.2 Å². The molecule has 1 fully saturated rings. The Morgan fingerprint density at radius 3 is 2.33 bits per heavy atom. The maximum Gasteiger partial charge on any atom is 0.299 e. The van der Waals surface area contributed by atoms with Gasteiger partial charge in [0.1, 0.15) is 12.6 Å². The van der Waals surface area contributed by atoms with Crippen molar-refractivity contribution in [1.82, 2.24) is 4.90 Å². The number of carbonyl (C=O) groups is 4. The summed E-state index contributed by atoms with van der Waals surface area (Å²) >= 11 is 0. The van der Waals surface area contributed by atoms with Gasteiger partial charge in [-0.3, -0.25) is 24.1 Å². The molecule has 0 saturated carbocycles. The quantitative estimate of drug-likeness (QED) is 0.440. The zero-order valence-corrected chi connectivity index (χ0v) is 22.6. The van der Waals surface area contributed by atoms with Crippen LogP contribution in [0, 0.1) is 6.92 Å². The van der Waals surface area contributed by atoms with Gasteiger partial charge < -0.3 is 19.9 Å². The molecule has 3 amide bonds. The Morgan fingerprint density at radius 2 is 1.62 bits per heavy atom. The molecule has 2 aliphatic rings. The van der Waals surface area contributed by atoms with Gasteiger partial charge in [-0.05, 0) is 55.8 Å². The fourth-order valence-electron chi connectivity index (χ4n) is 4.93. The maximum absolute atomic E-state index is 13.7. The van der Waals surface area contributed by atoms with E-state index in [1.807, 2.05) is 55.5 Å². The molecule has 2 aliphatic heterocycles. The molecule has 206 valence electrons. The molecule has 9 heteroatoms. The number of morpholine rings is 1. The fraction of sp³-hybridized carbons (Fsp3) is 0.290. The Labute approximate surface area is 233 Å². The van der Waals surface area contributed by atoms with Gasteiger partial charge in [-0.15, -0.1) is 0 Å². The van der Waals surface area contributed by atoms with Crippen molar-refractivity contribution >= 4 is 40.6 Å². The van der Waals surface area contributed by atoms with Crippen LogP contribution >= 0.6 is 0 Å². The Morgan fingerprint density at radius 1 is 0.950 bits per heavy atom. The van der Waals surface area contributed by atoms with E-state index in [1.165, 1.54) is 9.80 Å². The minimum atomic E-state index is -0.851. The third kappa shape index (κ3) is 5.74. The van der Waals surface area contributed by atoms with Crippen LogP contribution in [0.4, 0.5) is 17.1 Å². The van der Waals surface area contributed by atoms with Crippen LogP contribution < -0.4 is 15.1 Å². The van der Waals surface area contributed by atoms with Gasteiger partial charge in [0.05, 0.1) is 24.5 Å². The first-order valence-corrected chi connectivity index (χ1v) is 13.4. The maximum atomic E-state index is 13.7. The molecule has 5 rings (SSSR count). The number of nitrogens with zero attached hydrogens (tertiary/aromatic N) is 3. The van der Waals surface area contributed by atoms with E-state index in [0.717, 1.165) is 29.9 Å². The molecule has 40 heavy (non-hydrogen) atoms. The van der Waals surface area contributed by atoms with Crippen molar-refractivity contribution in [3.05, 3.63) is 89.5 Å². The van der Waals surface area contributed by atoms with Crippen LogP contribution in [0.25, 0.3) is 0 Å². The van der Waals surface area contributed by atoms with E-state index in [-0.39, 0.29) is 24.6 Å². The summed E-state index contributed by atoms with van der Waals surface area (Å²) in [6.07, 6.45) is 0. The smallest absolute Gasteiger partial charge is 0.299 e. The van der Waals surface area contributed by atoms with Crippen LogP contribution in [0.3, 0.4) is 0 Å². The summed E-state index contributed by atoms with van der Waals surface area (Å²) in [4.78, 5) is 57.1. The topological polar surface area (TPSA) is 99.3 Å². The number of aryl methyl sites for hydroxylation is 1. The van der Waals surface area contributed by atoms with Gasteiger partial charge in [0.25, 0.3) is 11.7 Å². The highest BCUT2D eigenvalue weighted by Gasteiger charge is 2.38. The molecule has 1 saturated heterocycles. The number of anilines is 3. The number of fused-ring (bicyclic) bond motifs is 1. The number of amides is 3. The highest BCUT2D eigenvalue weighted by Crippen LogP contribution is 2.29. The van der Waals surface area contributed by atoms with E-state index in [2.05, 4.69) is 10.2 Å². The molecule has 0 radical (unpaired) electrons. The second-order valence-electron chi connectivity index (χ2n) is 10.1. The summed E-state index contributed by atoms with van der Waals surface area (Å²) in [6, 6.07) is 21.0. The third-order valence-corrected chi connectivity index (χ3v) is 7.32. The molecule has 9 nitrogen and oxygen atoms in total. The summed E-state index contributed by atoms with van der Waals surface area (Å²) in [6.45, 7) is 6.45. The van der Waals surface area contributed by atoms with Crippen LogP contribution in [-0.4, -0.2) is 67.3 Å². The Hall–Kier alpha value is -4.50. The molecular formula is C31H32N4O5. The second-order valence-corrected chi connectivity index (χ2v) is 10.1. The first kappa shape index (κ1) is 27.1. The Kier molecular flexibility index (Phi) is 7.93. The van der Waals surface area contributed by atoms with Crippen molar-refractivity contribution < 1.29 is 23.9 Å². The molecule has 1 atom stereocenters. The monoisotopic (exact) mass is 540 g/mol. The van der Waals surface area contributed by atoms with Crippen LogP contribution in [0.2, 0.25) is 0 Å². The van der Waals surface area contributed by atoms with Crippen LogP contribution in [0.15, 0.2) is 72.8 Å². The number of benzene rings is 3. The minimum absolute atomic E-state index is 0.168. The number of Topliss-reactive ketones (excluding diaryl/α,β-unsaturated/α-hetero) is 1. The van der Waals surface area contributed by atoms with Gasteiger partial charge >= 0.3 is 0 Å². The Balaban J connectivity index is 1.33. The summed E-state index contributed by atoms with van der Waals surface area (Å²) < 4.78 is 5.42. The van der Waals surface area contributed by atoms with Crippen molar-refractivity contribution in [2.24, 2.45) is 0 Å². The number of nitrogens with one attached hydrogen (secondary N) is 1. The predicted octanol–water partition coefficient (Wildman–Crippen LogP) is 3.42. The Bertz CT molecular complexity index is 1410. The summed E-state index contributed by atoms with van der Waals surface area (Å²) in [7, 11) is 0. The number of para-hydroxylation sites is 1. The molecule has 0 aromatic heterocycles. The van der Waals surface area contributed by atoms with Crippen molar-refractivity contribution in [3.8, 4) is 0 Å². The molecule has 0 bridgehead atoms. The van der Waals surface area contributed by atoms with E-state index < -0.39 is 23.6 Å². The van der Waals surface area contributed by atoms with E-state index >= 15 is 0 Å². The van der Waals surface area contributed by atoms with E-state index in [0.29, 0.717) is 24.6 Å². The highest BCUT2D eigenvalue weighted by molar-refractivity contribution is 6.52. The lowest BCUT2D eigenvalue weighted by Crippen LogP contribution is -2.49. The molecule has 1 N–H and O–H groups in total. The van der Waals surface area contributed by atoms with Crippen molar-refractivity contribution in [2.45, 2.75) is 26.4 Å². The second kappa shape index (κ2) is 11.7. The van der Waals surface area contributed by atoms with Gasteiger partial charge in [0.2, 0.25) is 11.8 Å². The van der Waals surface area contributed by atoms with Gasteiger partial charge in [0, 0.05) is 31.0 Å². The van der Waals surface area contributed by atoms with Crippen LogP contribution in [0.5, 0.6) is 0 Å². The third-order valence-electron chi connectivity index (χ3n) is 7.32. The molecule has 1 unspecified atom stereocenters. The number of ketones is 1. The number of rotatable bonds is 8. The standard InChI is InChI=1S/C31H32N4O5/c1-21-7-9-23(10-8-21)19-34(28(36)20-35-27-6-4-3-5-26(27)29(37)31(35)39)22(2)30(38)32-24-11-13-25(14-12-24)33-15-17-40-18-16-33/h3-14,22H,15-20H2,1-2H3,(H,32,38). The zero-order valence-electron chi connectivity index (χ0n) is 22.6. The SMILES string of the molecule is Cc1ccc(CN(C(=O)CN2C(=O)C(=O)c3ccccc32)C(C)C(=O)Nc2ccc(N3CCOCC3)cc2)cc1. The fourth-order valence-corrected chi connectivity index (χ4v) is 4.93. The largest absolute Gasteiger partial charge is 0.378 e. The van der Waals surface area contributed by atoms with E-state index in [4.69, 9.17) is 4.74 Å². The van der Waals surface area contributed by atoms with Crippen molar-refractivity contribution in [3.63, 3.8) is 0 Å². The number of carbonyl (C=O) groups excluding carboxylic acids is 4. The first-order valence-electron chi connectivity index (χ1n) is 13.4. The number of hydrogen-bond acceptors (Lipinski definition) is 6. The normalized spacial score (nSPS) is 15.6. The summed E-state index contributed by atoms with van der Waals surface area (Å²) in [5.41, 5.74) is 4.26. The molecule has 3 aromatic carbocycles. The van der Waals surface area contributed by atoms with Gasteiger partial charge in [-0.25, -0.2) is 0 Å². The van der Waals surface area contributed by atoms with Crippen molar-refractivity contribution in [1.29, 1.82) is 0 Å². The van der Waals surface area contributed by atoms with E-state index in [9.17, 15) is 19.2 Å². The first-order chi connectivity index (χ1) is 19.3. The molecule has 0 spiro atoms. The molecular weight excluding hydrogens is 508 g/mol. The van der Waals surface area contributed by atoms with Crippen LogP contribution in [0.1, 0.15) is 28.4 Å². The predicted molar refractivity (Wildman–Crippen MR) is 152 cm³/mol. The number of ether oxygens (including phenoxy) is 1. The average molecular weight is 541 g/mol. The highest BCUT2D eigenvalue weighted by atomic mass is 16.5. The van der Waals surface area contributed by atoms with Crippen molar-refractivity contribution in [2.75, 3.05) is 48.0 Å². The zero-order chi connectivity index (χ0) is 28.2. The average Bonchev–Trinajstić information content (AvgIpc) is 3.22. The lowest BCUT2D eigenvalue weighted by molar-refractivity contribution is -0.138. The molecule has 2 heterocycles. The number of hydrogen-bond donors (Lipinski definition) is 1. The lowest BCUT2D eigenvalue weighted by atomic mass is 10.1. The lowest BCUT2D eigenvalue weighted by Gasteiger charge is -2.31. The van der Waals surface area contributed by atoms with Gasteiger partial charge in [-0.1, -0.05) is 42.0 Å². The molecule has 0 aliphatic carbocycles. The molecule has 3 aromatic rings. The van der Waals surface area contributed by atoms with Gasteiger partial charge in [-0.2, -0.15) is 0 Å². The van der Waals surface area contributed by atoms with Crippen LogP contribution in [-0.2, 0) is 25.7 Å². The summed E-state index contributed by atoms with van der Waals surface area (Å²) in [5, 5.41) is 2.92.